The fourth-order valence-electron chi connectivity index (χ4n) is 0.213. The summed E-state index contributed by atoms with van der Waals surface area (Å²) in [6.45, 7) is 1.24. The van der Waals surface area contributed by atoms with E-state index in [-0.39, 0.29) is 54.0 Å². The van der Waals surface area contributed by atoms with E-state index in [0.717, 1.165) is 0 Å². The van der Waals surface area contributed by atoms with Crippen LogP contribution in [-0.2, 0) is 9.59 Å². The molecule has 4 heteroatoms. The molecular weight excluding hydrogens is 236 g/mol. The normalized spacial score (nSPS) is 7.12. The first-order valence-electron chi connectivity index (χ1n) is 1.84. The minimum Gasteiger partial charge on any atom is -0.481 e. The van der Waals surface area contributed by atoms with Gasteiger partial charge in [0.05, 0.1) is 0 Å². The van der Waals surface area contributed by atoms with Crippen molar-refractivity contribution in [3.05, 3.63) is 0 Å². The number of carboxylic acid groups (broad SMARTS) is 1. The van der Waals surface area contributed by atoms with E-state index in [1.807, 2.05) is 0 Å². The molecule has 0 rings (SSSR count). The molecule has 0 unspecified atom stereocenters. The summed E-state index contributed by atoms with van der Waals surface area (Å²) >= 11 is 0. The van der Waals surface area contributed by atoms with Gasteiger partial charge in [0, 0.05) is 41.7 Å². The maximum absolute atomic E-state index is 9.87. The number of hydrogen-bond acceptors (Lipinski definition) is 2. The van der Waals surface area contributed by atoms with Gasteiger partial charge in [-0.15, -0.1) is 0 Å². The Bertz CT molecular complexity index is 87.5. The van der Waals surface area contributed by atoms with Crippen LogP contribution in [-0.4, -0.2) is 16.9 Å². The van der Waals surface area contributed by atoms with Gasteiger partial charge in [0.1, 0.15) is 12.2 Å². The van der Waals surface area contributed by atoms with Crippen LogP contribution in [0, 0.1) is 41.7 Å². The van der Waals surface area contributed by atoms with Gasteiger partial charge in [-0.05, 0) is 6.92 Å². The van der Waals surface area contributed by atoms with E-state index in [1.54, 1.807) is 0 Å². The van der Waals surface area contributed by atoms with Gasteiger partial charge in [0.15, 0.2) is 0 Å². The zero-order chi connectivity index (χ0) is 5.86. The maximum atomic E-state index is 9.87. The van der Waals surface area contributed by atoms with Crippen molar-refractivity contribution in [2.75, 3.05) is 0 Å². The second-order valence-corrected chi connectivity index (χ2v) is 1.27. The summed E-state index contributed by atoms with van der Waals surface area (Å²) in [7, 11) is 0. The zero-order valence-electron chi connectivity index (χ0n) is 4.47. The van der Waals surface area contributed by atoms with Gasteiger partial charge in [-0.3, -0.25) is 9.59 Å². The zero-order valence-corrected chi connectivity index (χ0v) is 7.61. The molecule has 8 heavy (non-hydrogen) atoms. The van der Waals surface area contributed by atoms with Gasteiger partial charge >= 0.3 is 5.97 Å². The summed E-state index contributed by atoms with van der Waals surface area (Å²) < 4.78 is 0. The summed E-state index contributed by atoms with van der Waals surface area (Å²) in [6, 6.07) is 0. The molecular formula is C4H6CeO3. The first-order valence-corrected chi connectivity index (χ1v) is 1.84. The standard InChI is InChI=1S/C4H6O3.Ce/c1-3(5)2-4(6)7;/h2H2,1H3,(H,6,7);. The maximum Gasteiger partial charge on any atom is 0.310 e. The molecule has 0 fully saturated rings. The quantitative estimate of drug-likeness (QED) is 0.696. The largest absolute Gasteiger partial charge is 0.481 e. The van der Waals surface area contributed by atoms with Crippen molar-refractivity contribution < 1.29 is 56.4 Å². The first kappa shape index (κ1) is 11.3. The van der Waals surface area contributed by atoms with Crippen LogP contribution >= 0.6 is 0 Å². The third kappa shape index (κ3) is 9.72. The van der Waals surface area contributed by atoms with Crippen molar-refractivity contribution in [2.24, 2.45) is 0 Å². The molecule has 0 heterocycles. The molecule has 0 saturated carbocycles. The Hall–Kier alpha value is 0.517. The Morgan fingerprint density at radius 3 is 1.88 bits per heavy atom. The van der Waals surface area contributed by atoms with E-state index >= 15 is 0 Å². The van der Waals surface area contributed by atoms with Crippen LogP contribution in [0.4, 0.5) is 0 Å². The number of aliphatic carboxylic acids is 1. The number of hydrogen-bond donors (Lipinski definition) is 1. The molecule has 0 bridgehead atoms. The molecule has 0 amide bonds. The van der Waals surface area contributed by atoms with Crippen molar-refractivity contribution in [1.82, 2.24) is 0 Å². The van der Waals surface area contributed by atoms with Crippen LogP contribution in [0.15, 0.2) is 0 Å². The molecule has 0 spiro atoms. The topological polar surface area (TPSA) is 54.4 Å². The monoisotopic (exact) mass is 242 g/mol. The predicted molar refractivity (Wildman–Crippen MR) is 22.9 cm³/mol. The number of carbonyl (C=O) groups excluding carboxylic acids is 1. The Morgan fingerprint density at radius 1 is 1.50 bits per heavy atom. The van der Waals surface area contributed by atoms with Crippen molar-refractivity contribution in [2.45, 2.75) is 13.3 Å². The molecule has 44 valence electrons. The van der Waals surface area contributed by atoms with Gasteiger partial charge in [0.2, 0.25) is 0 Å². The van der Waals surface area contributed by atoms with Crippen molar-refractivity contribution in [3.8, 4) is 0 Å². The number of Topliss-reactive ketones (excluding diaryl/α,β-unsaturated/α-hetero) is 1. The van der Waals surface area contributed by atoms with E-state index in [0.29, 0.717) is 0 Å². The number of rotatable bonds is 2. The van der Waals surface area contributed by atoms with E-state index < -0.39 is 5.97 Å². The van der Waals surface area contributed by atoms with Crippen LogP contribution in [0.2, 0.25) is 0 Å². The molecule has 0 aromatic rings. The minimum atomic E-state index is -1.06. The fraction of sp³-hybridized carbons (Fsp3) is 0.500. The Labute approximate surface area is 80.8 Å². The second kappa shape index (κ2) is 5.65. The third-order valence-electron chi connectivity index (χ3n) is 0.400. The molecule has 0 radical (unpaired) electrons. The van der Waals surface area contributed by atoms with Crippen molar-refractivity contribution >= 4 is 11.8 Å². The van der Waals surface area contributed by atoms with Crippen LogP contribution < -0.4 is 0 Å². The number of ketones is 1. The molecule has 0 aliphatic carbocycles. The summed E-state index contributed by atoms with van der Waals surface area (Å²) in [5.74, 6) is -1.37. The summed E-state index contributed by atoms with van der Waals surface area (Å²) in [5, 5.41) is 7.86. The van der Waals surface area contributed by atoms with Crippen molar-refractivity contribution in [1.29, 1.82) is 0 Å². The first-order chi connectivity index (χ1) is 3.13. The van der Waals surface area contributed by atoms with Crippen LogP contribution in [0.3, 0.4) is 0 Å². The summed E-state index contributed by atoms with van der Waals surface area (Å²) in [6.07, 6.45) is -0.361. The number of carboxylic acids is 1. The van der Waals surface area contributed by atoms with Crippen LogP contribution in [0.1, 0.15) is 13.3 Å². The SMILES string of the molecule is CC(=O)CC(=O)O.[Ce]. The average Bonchev–Trinajstić information content (AvgIpc) is 1.27. The van der Waals surface area contributed by atoms with E-state index in [2.05, 4.69) is 0 Å². The second-order valence-electron chi connectivity index (χ2n) is 1.27. The average molecular weight is 242 g/mol. The van der Waals surface area contributed by atoms with E-state index in [1.165, 1.54) is 6.92 Å². The molecule has 0 atom stereocenters. The minimum absolute atomic E-state index is 0. The Morgan fingerprint density at radius 2 is 1.88 bits per heavy atom. The van der Waals surface area contributed by atoms with Crippen LogP contribution in [0.5, 0.6) is 0 Å². The molecule has 1 N–H and O–H groups in total. The molecule has 0 aliphatic rings. The smallest absolute Gasteiger partial charge is 0.310 e. The fourth-order valence-corrected chi connectivity index (χ4v) is 0.213. The third-order valence-corrected chi connectivity index (χ3v) is 0.400. The molecule has 0 saturated heterocycles. The molecule has 0 aromatic heterocycles. The van der Waals surface area contributed by atoms with Gasteiger partial charge < -0.3 is 5.11 Å². The van der Waals surface area contributed by atoms with E-state index in [4.69, 9.17) is 5.11 Å². The molecule has 3 nitrogen and oxygen atoms in total. The Balaban J connectivity index is 0. The van der Waals surface area contributed by atoms with Gasteiger partial charge in [-0.25, -0.2) is 0 Å². The van der Waals surface area contributed by atoms with Crippen molar-refractivity contribution in [3.63, 3.8) is 0 Å². The predicted octanol–water partition coefficient (Wildman–Crippen LogP) is 0.0501. The van der Waals surface area contributed by atoms with Gasteiger partial charge in [-0.2, -0.15) is 0 Å². The Kier molecular flexibility index (Phi) is 8.00. The van der Waals surface area contributed by atoms with E-state index in [9.17, 15) is 9.59 Å². The number of carbonyl (C=O) groups is 2. The van der Waals surface area contributed by atoms with Gasteiger partial charge in [-0.1, -0.05) is 0 Å². The summed E-state index contributed by atoms with van der Waals surface area (Å²) in [5.41, 5.74) is 0. The van der Waals surface area contributed by atoms with Crippen LogP contribution in [0.25, 0.3) is 0 Å². The molecule has 0 aliphatic heterocycles. The van der Waals surface area contributed by atoms with Gasteiger partial charge in [0.25, 0.3) is 0 Å². The molecule has 0 aromatic carbocycles. The summed E-state index contributed by atoms with van der Waals surface area (Å²) in [4.78, 5) is 19.5.